The van der Waals surface area contributed by atoms with Gasteiger partial charge in [0.1, 0.15) is 5.56 Å². The molecule has 2 unspecified atom stereocenters. The summed E-state index contributed by atoms with van der Waals surface area (Å²) in [6.07, 6.45) is 4.19. The van der Waals surface area contributed by atoms with Crippen molar-refractivity contribution in [3.05, 3.63) is 39.4 Å². The second-order valence-electron chi connectivity index (χ2n) is 6.17. The molecule has 6 nitrogen and oxygen atoms in total. The summed E-state index contributed by atoms with van der Waals surface area (Å²) in [5.41, 5.74) is 0.655. The van der Waals surface area contributed by atoms with Crippen molar-refractivity contribution in [3.63, 3.8) is 0 Å². The van der Waals surface area contributed by atoms with E-state index in [2.05, 4.69) is 5.32 Å². The van der Waals surface area contributed by atoms with Crippen molar-refractivity contribution in [2.45, 2.75) is 44.8 Å². The minimum absolute atomic E-state index is 0.0334. The van der Waals surface area contributed by atoms with E-state index in [-0.39, 0.29) is 29.3 Å². The lowest BCUT2D eigenvalue weighted by Crippen LogP contribution is -2.43. The Morgan fingerprint density at radius 2 is 2.14 bits per heavy atom. The van der Waals surface area contributed by atoms with E-state index in [1.54, 1.807) is 19.1 Å². The molecule has 1 aromatic carbocycles. The smallest absolute Gasteiger partial charge is 0.282 e. The summed E-state index contributed by atoms with van der Waals surface area (Å²) in [5, 5.41) is 14.1. The predicted molar refractivity (Wildman–Crippen MR) is 80.8 cm³/mol. The van der Waals surface area contributed by atoms with Crippen LogP contribution in [0.4, 0.5) is 5.69 Å². The Labute approximate surface area is 129 Å². The number of nitro benzene ring substituents is 1. The fourth-order valence-corrected chi connectivity index (χ4v) is 3.11. The lowest BCUT2D eigenvalue weighted by atomic mass is 9.99. The number of hydrogen-bond acceptors (Lipinski definition) is 4. The van der Waals surface area contributed by atoms with Gasteiger partial charge in [-0.25, -0.2) is 0 Å². The zero-order valence-electron chi connectivity index (χ0n) is 12.6. The first-order valence-corrected chi connectivity index (χ1v) is 7.72. The molecule has 0 spiro atoms. The Hall–Kier alpha value is -1.95. The molecule has 2 fully saturated rings. The molecule has 2 atom stereocenters. The topological polar surface area (TPSA) is 81.5 Å². The third-order valence-corrected chi connectivity index (χ3v) is 4.47. The summed E-state index contributed by atoms with van der Waals surface area (Å²) in [6.45, 7) is 2.36. The number of benzene rings is 1. The number of carbonyl (C=O) groups excluding carboxylic acids is 1. The van der Waals surface area contributed by atoms with E-state index in [1.165, 1.54) is 18.9 Å². The molecule has 22 heavy (non-hydrogen) atoms. The Kier molecular flexibility index (Phi) is 4.11. The van der Waals surface area contributed by atoms with E-state index < -0.39 is 4.92 Å². The third-order valence-electron chi connectivity index (χ3n) is 4.47. The van der Waals surface area contributed by atoms with Crippen LogP contribution in [0.25, 0.3) is 0 Å². The molecule has 1 amide bonds. The minimum Gasteiger partial charge on any atom is -0.378 e. The van der Waals surface area contributed by atoms with Crippen molar-refractivity contribution in [3.8, 4) is 0 Å². The van der Waals surface area contributed by atoms with Crippen LogP contribution in [0.15, 0.2) is 18.2 Å². The van der Waals surface area contributed by atoms with Crippen LogP contribution < -0.4 is 5.32 Å². The number of ether oxygens (including phenoxy) is 1. The van der Waals surface area contributed by atoms with Gasteiger partial charge in [0, 0.05) is 18.7 Å². The second kappa shape index (κ2) is 6.04. The molecule has 3 rings (SSSR count). The Morgan fingerprint density at radius 3 is 2.82 bits per heavy atom. The molecular weight excluding hydrogens is 284 g/mol. The molecule has 0 bridgehead atoms. The first-order chi connectivity index (χ1) is 10.6. The van der Waals surface area contributed by atoms with Crippen molar-refractivity contribution in [2.75, 3.05) is 6.61 Å². The van der Waals surface area contributed by atoms with Crippen molar-refractivity contribution >= 4 is 11.6 Å². The van der Waals surface area contributed by atoms with Crippen molar-refractivity contribution in [1.29, 1.82) is 0 Å². The number of nitro groups is 1. The lowest BCUT2D eigenvalue weighted by molar-refractivity contribution is -0.385. The molecule has 1 N–H and O–H groups in total. The van der Waals surface area contributed by atoms with E-state index in [9.17, 15) is 14.9 Å². The molecule has 0 aromatic heterocycles. The van der Waals surface area contributed by atoms with Gasteiger partial charge in [-0.05, 0) is 44.1 Å². The maximum atomic E-state index is 12.5. The summed E-state index contributed by atoms with van der Waals surface area (Å²) in [4.78, 5) is 23.1. The first kappa shape index (κ1) is 15.0. The molecule has 1 aliphatic carbocycles. The Balaban J connectivity index is 1.73. The number of nitrogens with one attached hydrogen (secondary N) is 1. The second-order valence-corrected chi connectivity index (χ2v) is 6.17. The van der Waals surface area contributed by atoms with Crippen molar-refractivity contribution in [1.82, 2.24) is 5.32 Å². The van der Waals surface area contributed by atoms with Gasteiger partial charge in [0.2, 0.25) is 0 Å². The standard InChI is InChI=1S/C16H20N2O4/c1-10-3-2-4-13(18(20)21)15(10)16(19)17-12-7-8-22-14(9-12)11-5-6-11/h2-4,11-12,14H,5-9H2,1H3,(H,17,19). The Bertz CT molecular complexity index is 598. The largest absolute Gasteiger partial charge is 0.378 e. The highest BCUT2D eigenvalue weighted by Crippen LogP contribution is 2.38. The fourth-order valence-electron chi connectivity index (χ4n) is 3.11. The molecule has 1 heterocycles. The van der Waals surface area contributed by atoms with Crippen LogP contribution in [0.5, 0.6) is 0 Å². The van der Waals surface area contributed by atoms with Crippen LogP contribution in [0.3, 0.4) is 0 Å². The summed E-state index contributed by atoms with van der Waals surface area (Å²) >= 11 is 0. The van der Waals surface area contributed by atoms with Gasteiger partial charge in [0.25, 0.3) is 11.6 Å². The van der Waals surface area contributed by atoms with Crippen LogP contribution >= 0.6 is 0 Å². The molecule has 1 saturated carbocycles. The van der Waals surface area contributed by atoms with E-state index in [1.807, 2.05) is 0 Å². The van der Waals surface area contributed by atoms with Gasteiger partial charge < -0.3 is 10.1 Å². The summed E-state index contributed by atoms with van der Waals surface area (Å²) in [5.74, 6) is 0.277. The lowest BCUT2D eigenvalue weighted by Gasteiger charge is -2.30. The van der Waals surface area contributed by atoms with Crippen molar-refractivity contribution in [2.24, 2.45) is 5.92 Å². The zero-order chi connectivity index (χ0) is 15.7. The Morgan fingerprint density at radius 1 is 1.36 bits per heavy atom. The number of aryl methyl sites for hydroxylation is 1. The van der Waals surface area contributed by atoms with Crippen LogP contribution in [-0.2, 0) is 4.74 Å². The normalized spacial score (nSPS) is 24.8. The van der Waals surface area contributed by atoms with Gasteiger partial charge in [-0.1, -0.05) is 12.1 Å². The van der Waals surface area contributed by atoms with Crippen LogP contribution in [-0.4, -0.2) is 29.6 Å². The predicted octanol–water partition coefficient (Wildman–Crippen LogP) is 2.59. The van der Waals surface area contributed by atoms with E-state index in [4.69, 9.17) is 4.74 Å². The molecule has 1 aliphatic heterocycles. The van der Waals surface area contributed by atoms with Gasteiger partial charge in [0.05, 0.1) is 11.0 Å². The number of hydrogen-bond donors (Lipinski definition) is 1. The van der Waals surface area contributed by atoms with Crippen molar-refractivity contribution < 1.29 is 14.5 Å². The van der Waals surface area contributed by atoms with Gasteiger partial charge in [-0.15, -0.1) is 0 Å². The van der Waals surface area contributed by atoms with Gasteiger partial charge >= 0.3 is 0 Å². The maximum absolute atomic E-state index is 12.5. The SMILES string of the molecule is Cc1cccc([N+](=O)[O-])c1C(=O)NC1CCOC(C2CC2)C1. The average molecular weight is 304 g/mol. The summed E-state index contributed by atoms with van der Waals surface area (Å²) in [7, 11) is 0. The third kappa shape index (κ3) is 3.11. The zero-order valence-corrected chi connectivity index (χ0v) is 12.6. The molecule has 1 saturated heterocycles. The van der Waals surface area contributed by atoms with Gasteiger partial charge in [0.15, 0.2) is 0 Å². The monoisotopic (exact) mass is 304 g/mol. The van der Waals surface area contributed by atoms with E-state index in [0.717, 1.165) is 12.8 Å². The number of carbonyl (C=O) groups is 1. The van der Waals surface area contributed by atoms with Crippen LogP contribution in [0.1, 0.15) is 41.6 Å². The van der Waals surface area contributed by atoms with Crippen LogP contribution in [0.2, 0.25) is 0 Å². The number of rotatable bonds is 4. The molecule has 0 radical (unpaired) electrons. The quantitative estimate of drug-likeness (QED) is 0.684. The molecule has 1 aromatic rings. The molecule has 2 aliphatic rings. The van der Waals surface area contributed by atoms with Gasteiger partial charge in [-0.3, -0.25) is 14.9 Å². The van der Waals surface area contributed by atoms with E-state index >= 15 is 0 Å². The minimum atomic E-state index is -0.501. The highest BCUT2D eigenvalue weighted by Gasteiger charge is 2.36. The molecule has 118 valence electrons. The number of nitrogens with zero attached hydrogens (tertiary/aromatic N) is 1. The maximum Gasteiger partial charge on any atom is 0.282 e. The van der Waals surface area contributed by atoms with E-state index in [0.29, 0.717) is 18.1 Å². The van der Waals surface area contributed by atoms with Crippen LogP contribution in [0, 0.1) is 23.0 Å². The fraction of sp³-hybridized carbons (Fsp3) is 0.562. The highest BCUT2D eigenvalue weighted by atomic mass is 16.6. The highest BCUT2D eigenvalue weighted by molar-refractivity contribution is 5.99. The number of amides is 1. The van der Waals surface area contributed by atoms with Gasteiger partial charge in [-0.2, -0.15) is 0 Å². The first-order valence-electron chi connectivity index (χ1n) is 7.72. The summed E-state index contributed by atoms with van der Waals surface area (Å²) < 4.78 is 5.75. The molecular formula is C16H20N2O4. The summed E-state index contributed by atoms with van der Waals surface area (Å²) in [6, 6.07) is 4.73. The average Bonchev–Trinajstić information content (AvgIpc) is 3.31. The molecule has 6 heteroatoms.